The van der Waals surface area contributed by atoms with E-state index in [-0.39, 0.29) is 5.75 Å². The molecule has 0 aliphatic carbocycles. The molecule has 1 N–H and O–H groups in total. The van der Waals surface area contributed by atoms with Crippen LogP contribution in [0.25, 0.3) is 28.8 Å². The summed E-state index contributed by atoms with van der Waals surface area (Å²) in [5, 5.41) is 9.25. The number of thiazole rings is 1. The Morgan fingerprint density at radius 3 is 2.30 bits per heavy atom. The molecule has 12 heteroatoms. The van der Waals surface area contributed by atoms with Gasteiger partial charge < -0.3 is 10.1 Å². The number of hydrogen-bond acceptors (Lipinski definition) is 5. The predicted octanol–water partition coefficient (Wildman–Crippen LogP) is 7.59. The van der Waals surface area contributed by atoms with E-state index in [0.29, 0.717) is 22.0 Å². The molecule has 0 saturated carbocycles. The highest BCUT2D eigenvalue weighted by Gasteiger charge is 2.31. The van der Waals surface area contributed by atoms with E-state index in [0.717, 1.165) is 33.6 Å². The molecule has 2 heterocycles. The maximum atomic E-state index is 12.9. The van der Waals surface area contributed by atoms with E-state index >= 15 is 0 Å². The Labute approximate surface area is 255 Å². The van der Waals surface area contributed by atoms with E-state index in [4.69, 9.17) is 0 Å². The second-order valence-electron chi connectivity index (χ2n) is 10.3. The lowest BCUT2D eigenvalue weighted by Gasteiger charge is -2.14. The van der Waals surface area contributed by atoms with Gasteiger partial charge in [0.05, 0.1) is 11.4 Å². The van der Waals surface area contributed by atoms with Gasteiger partial charge in [-0.25, -0.2) is 14.5 Å². The zero-order chi connectivity index (χ0) is 31.6. The Kier molecular flexibility index (Phi) is 8.54. The molecule has 3 aromatic carbocycles. The molecule has 2 aromatic heterocycles. The topological polar surface area (TPSA) is 86.3 Å². The summed E-state index contributed by atoms with van der Waals surface area (Å²) in [6, 6.07) is 16.5. The molecule has 0 saturated heterocycles. The molecule has 44 heavy (non-hydrogen) atoms. The van der Waals surface area contributed by atoms with E-state index in [1.807, 2.05) is 47.2 Å². The van der Waals surface area contributed by atoms with Gasteiger partial charge in [-0.15, -0.1) is 29.6 Å². The maximum Gasteiger partial charge on any atom is 0.573 e. The highest BCUT2D eigenvalue weighted by molar-refractivity contribution is 7.07. The lowest BCUT2D eigenvalue weighted by molar-refractivity contribution is -0.274. The minimum atomic E-state index is -4.75. The second kappa shape index (κ2) is 12.3. The van der Waals surface area contributed by atoms with Crippen LogP contribution in [0.5, 0.6) is 5.75 Å². The SMILES string of the molecule is C/C(=C\c1ccc(-c2ncn(-c3ccc(OC(F)(F)F)cc3)n2)cc1)NC(=O)/N=c1\scc(C)n1-c1c(C)cc(C)cc1C. The second-order valence-corrected chi connectivity index (χ2v) is 11.1. The van der Waals surface area contributed by atoms with Crippen LogP contribution in [0.15, 0.2) is 83.1 Å². The van der Waals surface area contributed by atoms with Crippen molar-refractivity contribution in [3.8, 4) is 28.5 Å². The lowest BCUT2D eigenvalue weighted by Crippen LogP contribution is -2.24. The zero-order valence-corrected chi connectivity index (χ0v) is 25.4. The van der Waals surface area contributed by atoms with Crippen molar-refractivity contribution in [2.45, 2.75) is 41.0 Å². The molecular weight excluding hydrogens is 589 g/mol. The molecule has 5 aromatic rings. The highest BCUT2D eigenvalue weighted by atomic mass is 32.1. The molecule has 0 aliphatic heterocycles. The third kappa shape index (κ3) is 7.14. The Morgan fingerprint density at radius 1 is 1.00 bits per heavy atom. The Morgan fingerprint density at radius 2 is 1.66 bits per heavy atom. The average molecular weight is 619 g/mol. The quantitative estimate of drug-likeness (QED) is 0.213. The number of halogens is 3. The van der Waals surface area contributed by atoms with Crippen molar-refractivity contribution < 1.29 is 22.7 Å². The number of benzene rings is 3. The van der Waals surface area contributed by atoms with Gasteiger partial charge in [0.15, 0.2) is 10.6 Å². The number of aryl methyl sites for hydroxylation is 4. The molecule has 0 bridgehead atoms. The van der Waals surface area contributed by atoms with Gasteiger partial charge in [0.1, 0.15) is 12.1 Å². The summed E-state index contributed by atoms with van der Waals surface area (Å²) in [6.45, 7) is 9.96. The minimum absolute atomic E-state index is 0.317. The van der Waals surface area contributed by atoms with Gasteiger partial charge in [-0.1, -0.05) is 42.0 Å². The van der Waals surface area contributed by atoms with Crippen LogP contribution >= 0.6 is 11.3 Å². The maximum absolute atomic E-state index is 12.9. The highest BCUT2D eigenvalue weighted by Crippen LogP contribution is 2.25. The summed E-state index contributed by atoms with van der Waals surface area (Å²) >= 11 is 1.41. The molecule has 0 spiro atoms. The minimum Gasteiger partial charge on any atom is -0.406 e. The van der Waals surface area contributed by atoms with Crippen molar-refractivity contribution in [1.82, 2.24) is 24.6 Å². The Bertz CT molecular complexity index is 1890. The number of carbonyl (C=O) groups excluding carboxylic acids is 1. The molecule has 8 nitrogen and oxygen atoms in total. The number of urea groups is 1. The first kappa shape index (κ1) is 30.5. The van der Waals surface area contributed by atoms with Crippen molar-refractivity contribution >= 4 is 23.4 Å². The number of hydrogen-bond donors (Lipinski definition) is 1. The van der Waals surface area contributed by atoms with Crippen molar-refractivity contribution in [1.29, 1.82) is 0 Å². The fourth-order valence-electron chi connectivity index (χ4n) is 4.89. The van der Waals surface area contributed by atoms with Crippen LogP contribution in [0.3, 0.4) is 0 Å². The summed E-state index contributed by atoms with van der Waals surface area (Å²) < 4.78 is 44.6. The van der Waals surface area contributed by atoms with Gasteiger partial charge in [0, 0.05) is 22.3 Å². The summed E-state index contributed by atoms with van der Waals surface area (Å²) in [6.07, 6.45) is -1.45. The lowest BCUT2D eigenvalue weighted by atomic mass is 10.0. The molecule has 0 unspecified atom stereocenters. The van der Waals surface area contributed by atoms with E-state index < -0.39 is 12.4 Å². The number of alkyl halides is 3. The van der Waals surface area contributed by atoms with Gasteiger partial charge in [0.2, 0.25) is 0 Å². The van der Waals surface area contributed by atoms with Gasteiger partial charge >= 0.3 is 12.4 Å². The first-order valence-electron chi connectivity index (χ1n) is 13.5. The monoisotopic (exact) mass is 618 g/mol. The largest absolute Gasteiger partial charge is 0.573 e. The molecule has 5 rings (SSSR count). The Balaban J connectivity index is 1.27. The van der Waals surface area contributed by atoms with Crippen LogP contribution in [0, 0.1) is 27.7 Å². The van der Waals surface area contributed by atoms with Crippen molar-refractivity contribution in [2.24, 2.45) is 4.99 Å². The van der Waals surface area contributed by atoms with E-state index in [1.54, 1.807) is 6.92 Å². The van der Waals surface area contributed by atoms with Gasteiger partial charge in [-0.2, -0.15) is 4.99 Å². The van der Waals surface area contributed by atoms with E-state index in [2.05, 4.69) is 58.0 Å². The standard InChI is InChI=1S/C32H29F3N6O2S/c1-19-14-20(2)28(21(3)15-19)41-23(5)17-44-31(41)38-30(42)37-22(4)16-24-6-8-25(9-7-24)29-36-18-40(39-29)26-10-12-27(13-11-26)43-32(33,34)35/h6-18H,1-5H3,(H,37,42)/b22-16+,38-31-. The molecular formula is C32H29F3N6O2S. The number of nitrogens with one attached hydrogen (secondary N) is 1. The van der Waals surface area contributed by atoms with Crippen LogP contribution in [0.4, 0.5) is 18.0 Å². The van der Waals surface area contributed by atoms with Crippen LogP contribution in [-0.4, -0.2) is 31.7 Å². The van der Waals surface area contributed by atoms with Crippen LogP contribution < -0.4 is 14.9 Å². The van der Waals surface area contributed by atoms with Crippen LogP contribution in [0.2, 0.25) is 0 Å². The van der Waals surface area contributed by atoms with Crippen molar-refractivity contribution in [3.63, 3.8) is 0 Å². The van der Waals surface area contributed by atoms with Gasteiger partial charge in [0.25, 0.3) is 0 Å². The molecule has 0 atom stereocenters. The summed E-state index contributed by atoms with van der Waals surface area (Å²) in [5.74, 6) is 0.127. The number of amides is 2. The average Bonchev–Trinajstić information content (AvgIpc) is 3.56. The smallest absolute Gasteiger partial charge is 0.406 e. The summed E-state index contributed by atoms with van der Waals surface area (Å²) in [4.78, 5) is 22.1. The van der Waals surface area contributed by atoms with Crippen molar-refractivity contribution in [3.05, 3.63) is 111 Å². The molecule has 0 aliphatic rings. The third-order valence-corrected chi connectivity index (χ3v) is 7.56. The predicted molar refractivity (Wildman–Crippen MR) is 164 cm³/mol. The summed E-state index contributed by atoms with van der Waals surface area (Å²) in [7, 11) is 0. The first-order chi connectivity index (χ1) is 20.9. The van der Waals surface area contributed by atoms with E-state index in [1.165, 1.54) is 52.2 Å². The van der Waals surface area contributed by atoms with Gasteiger partial charge in [-0.05, 0) is 81.7 Å². The normalized spacial score (nSPS) is 12.5. The number of carbonyl (C=O) groups is 1. The van der Waals surface area contributed by atoms with Crippen LogP contribution in [0.1, 0.15) is 34.9 Å². The van der Waals surface area contributed by atoms with E-state index in [9.17, 15) is 18.0 Å². The fourth-order valence-corrected chi connectivity index (χ4v) is 5.74. The molecule has 2 amide bonds. The summed E-state index contributed by atoms with van der Waals surface area (Å²) in [5.41, 5.74) is 8.17. The number of rotatable bonds is 6. The number of ether oxygens (including phenoxy) is 1. The Hall–Kier alpha value is -4.97. The number of nitrogens with zero attached hydrogens (tertiary/aromatic N) is 5. The number of aromatic nitrogens is 4. The molecule has 0 radical (unpaired) electrons. The third-order valence-electron chi connectivity index (χ3n) is 6.62. The van der Waals surface area contributed by atoms with Crippen molar-refractivity contribution in [2.75, 3.05) is 0 Å². The van der Waals surface area contributed by atoms with Gasteiger partial charge in [-0.3, -0.25) is 4.57 Å². The number of allylic oxidation sites excluding steroid dienone is 1. The first-order valence-corrected chi connectivity index (χ1v) is 14.4. The van der Waals surface area contributed by atoms with Crippen LogP contribution in [-0.2, 0) is 0 Å². The molecule has 226 valence electrons. The molecule has 0 fully saturated rings. The zero-order valence-electron chi connectivity index (χ0n) is 24.6. The fraction of sp³-hybridized carbons (Fsp3) is 0.188.